The third-order valence-electron chi connectivity index (χ3n) is 2.57. The van der Waals surface area contributed by atoms with Gasteiger partial charge in [0.05, 0.1) is 6.20 Å². The Hall–Kier alpha value is -2.33. The highest BCUT2D eigenvalue weighted by Gasteiger charge is 2.06. The Balaban J connectivity index is 1.82. The zero-order valence-corrected chi connectivity index (χ0v) is 10.6. The second-order valence-corrected chi connectivity index (χ2v) is 4.33. The van der Waals surface area contributed by atoms with E-state index in [2.05, 4.69) is 15.3 Å². The summed E-state index contributed by atoms with van der Waals surface area (Å²) in [6.07, 6.45) is 5.07. The van der Waals surface area contributed by atoms with E-state index < -0.39 is 0 Å². The number of oxazole rings is 1. The summed E-state index contributed by atoms with van der Waals surface area (Å²) in [7, 11) is 0. The van der Waals surface area contributed by atoms with Crippen molar-refractivity contribution in [3.8, 4) is 11.3 Å². The van der Waals surface area contributed by atoms with Crippen molar-refractivity contribution in [2.45, 2.75) is 0 Å². The van der Waals surface area contributed by atoms with Gasteiger partial charge in [-0.1, -0.05) is 11.6 Å². The summed E-state index contributed by atoms with van der Waals surface area (Å²) >= 11 is 5.85. The van der Waals surface area contributed by atoms with Crippen LogP contribution >= 0.6 is 11.6 Å². The average Bonchev–Trinajstić information content (AvgIpc) is 2.89. The smallest absolute Gasteiger partial charge is 0.299 e. The predicted octanol–water partition coefficient (Wildman–Crippen LogP) is 4.13. The van der Waals surface area contributed by atoms with E-state index in [0.717, 1.165) is 11.3 Å². The highest BCUT2D eigenvalue weighted by Crippen LogP contribution is 2.25. The third-order valence-corrected chi connectivity index (χ3v) is 2.82. The van der Waals surface area contributed by atoms with E-state index in [1.165, 1.54) is 0 Å². The average molecular weight is 272 g/mol. The molecule has 2 heterocycles. The lowest BCUT2D eigenvalue weighted by atomic mass is 10.2. The van der Waals surface area contributed by atoms with Crippen molar-refractivity contribution in [2.24, 2.45) is 0 Å². The number of hydrogen-bond donors (Lipinski definition) is 1. The fourth-order valence-corrected chi connectivity index (χ4v) is 1.76. The minimum atomic E-state index is 0.441. The van der Waals surface area contributed by atoms with Gasteiger partial charge in [-0.25, -0.2) is 4.98 Å². The molecular weight excluding hydrogens is 262 g/mol. The summed E-state index contributed by atoms with van der Waals surface area (Å²) in [5.41, 5.74) is 1.80. The molecule has 0 atom stereocenters. The Morgan fingerprint density at radius 2 is 1.74 bits per heavy atom. The molecule has 19 heavy (non-hydrogen) atoms. The molecule has 0 saturated heterocycles. The highest BCUT2D eigenvalue weighted by atomic mass is 35.5. The molecule has 3 rings (SSSR count). The second-order valence-electron chi connectivity index (χ2n) is 3.90. The van der Waals surface area contributed by atoms with Gasteiger partial charge in [0, 0.05) is 28.7 Å². The largest absolute Gasteiger partial charge is 0.423 e. The standard InChI is InChI=1S/C14H10ClN3O/c15-11-3-1-10(2-4-11)13-9-17-14(19-13)18-12-5-7-16-8-6-12/h1-9H,(H,16,17,18). The van der Waals surface area contributed by atoms with Crippen LogP contribution in [0.15, 0.2) is 59.4 Å². The summed E-state index contributed by atoms with van der Waals surface area (Å²) < 4.78 is 5.63. The SMILES string of the molecule is Clc1ccc(-c2cnc(Nc3ccncc3)o2)cc1. The van der Waals surface area contributed by atoms with Crippen molar-refractivity contribution in [3.63, 3.8) is 0 Å². The molecule has 4 nitrogen and oxygen atoms in total. The topological polar surface area (TPSA) is 51.0 Å². The molecule has 1 N–H and O–H groups in total. The minimum Gasteiger partial charge on any atom is -0.423 e. The Bertz CT molecular complexity index is 665. The molecule has 0 aliphatic rings. The molecule has 0 spiro atoms. The van der Waals surface area contributed by atoms with Crippen LogP contribution in [0.25, 0.3) is 11.3 Å². The van der Waals surface area contributed by atoms with Crippen LogP contribution in [-0.4, -0.2) is 9.97 Å². The van der Waals surface area contributed by atoms with E-state index in [0.29, 0.717) is 16.8 Å². The van der Waals surface area contributed by atoms with Crippen LogP contribution < -0.4 is 5.32 Å². The van der Waals surface area contributed by atoms with Crippen LogP contribution in [0.5, 0.6) is 0 Å². The number of rotatable bonds is 3. The van der Waals surface area contributed by atoms with Crippen molar-refractivity contribution in [1.29, 1.82) is 0 Å². The van der Waals surface area contributed by atoms with Gasteiger partial charge in [-0.2, -0.15) is 0 Å². The number of pyridine rings is 1. The maximum absolute atomic E-state index is 5.85. The summed E-state index contributed by atoms with van der Waals surface area (Å²) in [5, 5.41) is 3.75. The molecule has 0 amide bonds. The third kappa shape index (κ3) is 2.74. The van der Waals surface area contributed by atoms with Gasteiger partial charge in [-0.05, 0) is 36.4 Å². The number of hydrogen-bond acceptors (Lipinski definition) is 4. The van der Waals surface area contributed by atoms with Gasteiger partial charge < -0.3 is 9.73 Å². The van der Waals surface area contributed by atoms with Crippen molar-refractivity contribution in [2.75, 3.05) is 5.32 Å². The lowest BCUT2D eigenvalue weighted by molar-refractivity contribution is 0.592. The Morgan fingerprint density at radius 3 is 2.47 bits per heavy atom. The number of nitrogens with zero attached hydrogens (tertiary/aromatic N) is 2. The van der Waals surface area contributed by atoms with Gasteiger partial charge in [0.15, 0.2) is 5.76 Å². The Morgan fingerprint density at radius 1 is 1.00 bits per heavy atom. The molecule has 3 aromatic rings. The first-order valence-electron chi connectivity index (χ1n) is 5.70. The lowest BCUT2D eigenvalue weighted by Gasteiger charge is -2.00. The quantitative estimate of drug-likeness (QED) is 0.778. The van der Waals surface area contributed by atoms with Crippen LogP contribution in [-0.2, 0) is 0 Å². The van der Waals surface area contributed by atoms with Gasteiger partial charge in [0.25, 0.3) is 6.01 Å². The van der Waals surface area contributed by atoms with Crippen LogP contribution in [0.2, 0.25) is 5.02 Å². The molecule has 0 saturated carbocycles. The molecule has 0 fully saturated rings. The Labute approximate surface area is 115 Å². The number of aromatic nitrogens is 2. The highest BCUT2D eigenvalue weighted by molar-refractivity contribution is 6.30. The maximum Gasteiger partial charge on any atom is 0.299 e. The maximum atomic E-state index is 5.85. The van der Waals surface area contributed by atoms with Crippen molar-refractivity contribution in [1.82, 2.24) is 9.97 Å². The Kier molecular flexibility index (Phi) is 3.16. The molecule has 0 radical (unpaired) electrons. The van der Waals surface area contributed by atoms with Gasteiger partial charge in [-0.3, -0.25) is 4.98 Å². The van der Waals surface area contributed by atoms with Gasteiger partial charge in [-0.15, -0.1) is 0 Å². The van der Waals surface area contributed by atoms with Crippen LogP contribution in [0, 0.1) is 0 Å². The van der Waals surface area contributed by atoms with Crippen molar-refractivity contribution in [3.05, 3.63) is 60.0 Å². The zero-order chi connectivity index (χ0) is 13.1. The summed E-state index contributed by atoms with van der Waals surface area (Å²) in [4.78, 5) is 8.12. The normalized spacial score (nSPS) is 10.4. The van der Waals surface area contributed by atoms with Crippen LogP contribution in [0.1, 0.15) is 0 Å². The van der Waals surface area contributed by atoms with Crippen molar-refractivity contribution < 1.29 is 4.42 Å². The lowest BCUT2D eigenvalue weighted by Crippen LogP contribution is -1.89. The molecule has 2 aromatic heterocycles. The molecule has 5 heteroatoms. The van der Waals surface area contributed by atoms with E-state index in [9.17, 15) is 0 Å². The predicted molar refractivity (Wildman–Crippen MR) is 74.5 cm³/mol. The van der Waals surface area contributed by atoms with E-state index in [1.807, 2.05) is 36.4 Å². The number of benzene rings is 1. The number of anilines is 2. The summed E-state index contributed by atoms with van der Waals surface area (Å²) in [6.45, 7) is 0. The fraction of sp³-hybridized carbons (Fsp3) is 0. The van der Waals surface area contributed by atoms with E-state index in [1.54, 1.807) is 18.6 Å². The first-order valence-corrected chi connectivity index (χ1v) is 6.08. The molecule has 0 aliphatic carbocycles. The summed E-state index contributed by atoms with van der Waals surface area (Å²) in [5.74, 6) is 0.688. The first-order chi connectivity index (χ1) is 9.31. The molecule has 1 aromatic carbocycles. The van der Waals surface area contributed by atoms with Gasteiger partial charge in [0.1, 0.15) is 0 Å². The number of halogens is 1. The fourth-order valence-electron chi connectivity index (χ4n) is 1.64. The summed E-state index contributed by atoms with van der Waals surface area (Å²) in [6, 6.07) is 11.5. The molecule has 0 unspecified atom stereocenters. The minimum absolute atomic E-state index is 0.441. The molecule has 0 bridgehead atoms. The van der Waals surface area contributed by atoms with Crippen LogP contribution in [0.3, 0.4) is 0 Å². The van der Waals surface area contributed by atoms with Crippen LogP contribution in [0.4, 0.5) is 11.7 Å². The number of nitrogens with one attached hydrogen (secondary N) is 1. The van der Waals surface area contributed by atoms with E-state index >= 15 is 0 Å². The van der Waals surface area contributed by atoms with Gasteiger partial charge >= 0.3 is 0 Å². The van der Waals surface area contributed by atoms with E-state index in [-0.39, 0.29) is 0 Å². The van der Waals surface area contributed by atoms with Gasteiger partial charge in [0.2, 0.25) is 0 Å². The van der Waals surface area contributed by atoms with Crippen molar-refractivity contribution >= 4 is 23.3 Å². The first kappa shape index (κ1) is 11.7. The molecule has 0 aliphatic heterocycles. The second kappa shape index (κ2) is 5.12. The molecule has 94 valence electrons. The van der Waals surface area contributed by atoms with E-state index in [4.69, 9.17) is 16.0 Å². The monoisotopic (exact) mass is 271 g/mol. The zero-order valence-electron chi connectivity index (χ0n) is 9.88. The molecular formula is C14H10ClN3O.